The Morgan fingerprint density at radius 2 is 2.14 bits per heavy atom. The van der Waals surface area contributed by atoms with E-state index in [1.165, 1.54) is 4.88 Å². The first-order valence-electron chi connectivity index (χ1n) is 12.8. The van der Waals surface area contributed by atoms with Gasteiger partial charge in [0.2, 0.25) is 0 Å². The Hall–Kier alpha value is -3.45. The molecular formula is C30H34N4O2S. The third kappa shape index (κ3) is 5.18. The number of hydrogen-bond acceptors (Lipinski definition) is 5. The fourth-order valence-electron chi connectivity index (χ4n) is 5.23. The van der Waals surface area contributed by atoms with Crippen LogP contribution >= 0.6 is 11.3 Å². The Bertz CT molecular complexity index is 1420. The normalized spacial score (nSPS) is 15.8. The van der Waals surface area contributed by atoms with Crippen molar-refractivity contribution in [1.29, 1.82) is 0 Å². The van der Waals surface area contributed by atoms with E-state index in [1.54, 1.807) is 23.8 Å². The Morgan fingerprint density at radius 3 is 2.84 bits per heavy atom. The van der Waals surface area contributed by atoms with Gasteiger partial charge in [-0.15, -0.1) is 11.3 Å². The van der Waals surface area contributed by atoms with Crippen LogP contribution in [0.4, 0.5) is 5.00 Å². The van der Waals surface area contributed by atoms with Crippen LogP contribution in [0.25, 0.3) is 5.69 Å². The summed E-state index contributed by atoms with van der Waals surface area (Å²) in [6.07, 6.45) is 10.1. The summed E-state index contributed by atoms with van der Waals surface area (Å²) in [5.41, 5.74) is 6.37. The van der Waals surface area contributed by atoms with Gasteiger partial charge in [-0.1, -0.05) is 20.8 Å². The highest BCUT2D eigenvalue weighted by Crippen LogP contribution is 2.45. The van der Waals surface area contributed by atoms with Crippen molar-refractivity contribution >= 4 is 28.5 Å². The number of aryl methyl sites for hydroxylation is 1. The number of furan rings is 1. The van der Waals surface area contributed by atoms with E-state index in [-0.39, 0.29) is 11.3 Å². The molecule has 0 fully saturated rings. The second-order valence-corrected chi connectivity index (χ2v) is 12.0. The van der Waals surface area contributed by atoms with Crippen molar-refractivity contribution in [3.05, 3.63) is 87.7 Å². The van der Waals surface area contributed by atoms with Gasteiger partial charge in [0, 0.05) is 34.2 Å². The van der Waals surface area contributed by atoms with Gasteiger partial charge in [-0.05, 0) is 80.3 Å². The number of hydrogen-bond donors (Lipinski definition) is 1. The molecule has 0 unspecified atom stereocenters. The highest BCUT2D eigenvalue weighted by Gasteiger charge is 2.33. The van der Waals surface area contributed by atoms with Crippen LogP contribution in [0.1, 0.15) is 70.7 Å². The maximum atomic E-state index is 13.5. The molecule has 0 aliphatic heterocycles. The van der Waals surface area contributed by atoms with Crippen LogP contribution in [0.2, 0.25) is 0 Å². The molecule has 0 radical (unpaired) electrons. The fourth-order valence-corrected chi connectivity index (χ4v) is 6.50. The highest BCUT2D eigenvalue weighted by molar-refractivity contribution is 7.16. The predicted molar refractivity (Wildman–Crippen MR) is 149 cm³/mol. The van der Waals surface area contributed by atoms with Gasteiger partial charge in [0.05, 0.1) is 30.3 Å². The van der Waals surface area contributed by atoms with Gasteiger partial charge in [0.15, 0.2) is 0 Å². The van der Waals surface area contributed by atoms with Crippen LogP contribution in [0.5, 0.6) is 0 Å². The van der Waals surface area contributed by atoms with Gasteiger partial charge in [-0.3, -0.25) is 9.78 Å². The number of aromatic nitrogens is 2. The molecule has 4 heterocycles. The second kappa shape index (κ2) is 10.1. The first-order valence-corrected chi connectivity index (χ1v) is 13.6. The van der Waals surface area contributed by atoms with Gasteiger partial charge in [-0.2, -0.15) is 0 Å². The number of carbonyl (C=O) groups excluding carboxylic acids is 1. The summed E-state index contributed by atoms with van der Waals surface area (Å²) in [6.45, 7) is 11.5. The lowest BCUT2D eigenvalue weighted by atomic mass is 9.72. The van der Waals surface area contributed by atoms with Crippen LogP contribution in [0.3, 0.4) is 0 Å². The Labute approximate surface area is 222 Å². The smallest absolute Gasteiger partial charge is 0.255 e. The number of pyridine rings is 1. The molecule has 1 atom stereocenters. The van der Waals surface area contributed by atoms with Gasteiger partial charge in [0.1, 0.15) is 10.8 Å². The van der Waals surface area contributed by atoms with Crippen molar-refractivity contribution in [3.8, 4) is 5.69 Å². The van der Waals surface area contributed by atoms with Crippen molar-refractivity contribution in [3.63, 3.8) is 0 Å². The summed E-state index contributed by atoms with van der Waals surface area (Å²) in [6, 6.07) is 9.82. The standard InChI is InChI=1S/C30H34N4O2S/c1-19-14-21(20(2)34(19)23-8-6-12-31-17-23)16-33-29-27(28(35)32-18-24-9-7-13-36-24)25-11-10-22(30(3,4)5)15-26(25)37-29/h6-9,12-14,16-17,22H,10-11,15,18H2,1-5H3,(H,32,35)/t22-/m1/s1. The maximum Gasteiger partial charge on any atom is 0.255 e. The zero-order chi connectivity index (χ0) is 26.2. The molecule has 192 valence electrons. The number of nitrogens with zero attached hydrogens (tertiary/aromatic N) is 3. The van der Waals surface area contributed by atoms with E-state index < -0.39 is 0 Å². The summed E-state index contributed by atoms with van der Waals surface area (Å²) in [5, 5.41) is 3.83. The van der Waals surface area contributed by atoms with Crippen LogP contribution in [-0.4, -0.2) is 21.7 Å². The number of fused-ring (bicyclic) bond motifs is 1. The Morgan fingerprint density at radius 1 is 1.30 bits per heavy atom. The average molecular weight is 515 g/mol. The topological polar surface area (TPSA) is 72.4 Å². The third-order valence-corrected chi connectivity index (χ3v) is 8.56. The lowest BCUT2D eigenvalue weighted by Crippen LogP contribution is -2.28. The first-order chi connectivity index (χ1) is 17.7. The molecule has 1 amide bonds. The summed E-state index contributed by atoms with van der Waals surface area (Å²) in [7, 11) is 0. The van der Waals surface area contributed by atoms with E-state index in [1.807, 2.05) is 36.7 Å². The molecule has 0 aromatic carbocycles. The molecule has 6 nitrogen and oxygen atoms in total. The lowest BCUT2D eigenvalue weighted by molar-refractivity contribution is 0.0947. The van der Waals surface area contributed by atoms with Crippen molar-refractivity contribution in [1.82, 2.24) is 14.9 Å². The number of rotatable bonds is 6. The zero-order valence-electron chi connectivity index (χ0n) is 22.2. The summed E-state index contributed by atoms with van der Waals surface area (Å²) in [5.74, 6) is 1.24. The molecule has 0 saturated heterocycles. The summed E-state index contributed by atoms with van der Waals surface area (Å²) >= 11 is 1.67. The van der Waals surface area contributed by atoms with Crippen LogP contribution in [0, 0.1) is 25.2 Å². The van der Waals surface area contributed by atoms with Gasteiger partial charge in [0.25, 0.3) is 5.91 Å². The molecule has 4 aromatic rings. The Balaban J connectivity index is 1.49. The first kappa shape index (κ1) is 25.2. The van der Waals surface area contributed by atoms with E-state index in [4.69, 9.17) is 9.41 Å². The molecule has 0 spiro atoms. The molecule has 37 heavy (non-hydrogen) atoms. The van der Waals surface area contributed by atoms with E-state index in [9.17, 15) is 4.79 Å². The number of amides is 1. The van der Waals surface area contributed by atoms with Gasteiger partial charge in [-0.25, -0.2) is 4.99 Å². The van der Waals surface area contributed by atoms with Crippen molar-refractivity contribution < 1.29 is 9.21 Å². The monoisotopic (exact) mass is 514 g/mol. The molecule has 1 aliphatic carbocycles. The zero-order valence-corrected chi connectivity index (χ0v) is 23.0. The molecule has 0 bridgehead atoms. The fraction of sp³-hybridized carbons (Fsp3) is 0.367. The number of thiophene rings is 1. The van der Waals surface area contributed by atoms with Crippen molar-refractivity contribution in [2.45, 2.75) is 60.4 Å². The van der Waals surface area contributed by atoms with Crippen molar-refractivity contribution in [2.75, 3.05) is 0 Å². The quantitative estimate of drug-likeness (QED) is 0.282. The molecular weight excluding hydrogens is 480 g/mol. The average Bonchev–Trinajstić information content (AvgIpc) is 3.58. The number of aliphatic imine (C=N–C) groups is 1. The molecule has 1 N–H and O–H groups in total. The number of carbonyl (C=O) groups is 1. The minimum Gasteiger partial charge on any atom is -0.467 e. The van der Waals surface area contributed by atoms with E-state index in [2.05, 4.69) is 55.6 Å². The molecule has 4 aromatic heterocycles. The van der Waals surface area contributed by atoms with E-state index >= 15 is 0 Å². The van der Waals surface area contributed by atoms with Gasteiger partial charge >= 0.3 is 0 Å². The minimum absolute atomic E-state index is 0.0870. The lowest BCUT2D eigenvalue weighted by Gasteiger charge is -2.33. The van der Waals surface area contributed by atoms with Crippen LogP contribution in [-0.2, 0) is 19.4 Å². The molecule has 7 heteroatoms. The summed E-state index contributed by atoms with van der Waals surface area (Å²) < 4.78 is 7.59. The largest absolute Gasteiger partial charge is 0.467 e. The molecule has 0 saturated carbocycles. The summed E-state index contributed by atoms with van der Waals surface area (Å²) in [4.78, 5) is 23.9. The third-order valence-electron chi connectivity index (χ3n) is 7.40. The van der Waals surface area contributed by atoms with Gasteiger partial charge < -0.3 is 14.3 Å². The van der Waals surface area contributed by atoms with E-state index in [0.717, 1.165) is 63.8 Å². The minimum atomic E-state index is -0.0870. The predicted octanol–water partition coefficient (Wildman–Crippen LogP) is 6.98. The van der Waals surface area contributed by atoms with E-state index in [0.29, 0.717) is 12.5 Å². The highest BCUT2D eigenvalue weighted by atomic mass is 32.1. The number of nitrogens with one attached hydrogen (secondary N) is 1. The van der Waals surface area contributed by atoms with Crippen LogP contribution in [0.15, 0.2) is 58.4 Å². The maximum absolute atomic E-state index is 13.5. The second-order valence-electron chi connectivity index (χ2n) is 10.9. The van der Waals surface area contributed by atoms with Crippen molar-refractivity contribution in [2.24, 2.45) is 16.3 Å². The SMILES string of the molecule is Cc1cc(C=Nc2sc3c(c2C(=O)NCc2ccco2)CC[C@@H](C(C)(C)C)C3)c(C)n1-c1cccnc1. The molecule has 5 rings (SSSR count). The molecule has 1 aliphatic rings. The van der Waals surface area contributed by atoms with Crippen LogP contribution < -0.4 is 5.32 Å². The Kier molecular flexibility index (Phi) is 6.90.